The number of amides is 1. The number of thiophene rings is 1. The molecule has 146 valence electrons. The first-order chi connectivity index (χ1) is 13.7. The fourth-order valence-electron chi connectivity index (χ4n) is 3.48. The topological polar surface area (TPSA) is 54.9 Å². The highest BCUT2D eigenvalue weighted by molar-refractivity contribution is 8.00. The fourth-order valence-corrected chi connectivity index (χ4v) is 6.17. The third-order valence-electron chi connectivity index (χ3n) is 4.86. The summed E-state index contributed by atoms with van der Waals surface area (Å²) in [5.41, 5.74) is 2.66. The number of hydrogen-bond acceptors (Lipinski definition) is 6. The van der Waals surface area contributed by atoms with Gasteiger partial charge in [0.2, 0.25) is 5.91 Å². The summed E-state index contributed by atoms with van der Waals surface area (Å²) in [5, 5.41) is 5.98. The molecule has 0 radical (unpaired) electrons. The van der Waals surface area contributed by atoms with Gasteiger partial charge in [0.05, 0.1) is 5.75 Å². The molecule has 3 aromatic rings. The van der Waals surface area contributed by atoms with Crippen LogP contribution >= 0.6 is 34.9 Å². The van der Waals surface area contributed by atoms with Crippen LogP contribution in [0.4, 0.5) is 0 Å². The zero-order valence-corrected chi connectivity index (χ0v) is 18.3. The quantitative estimate of drug-likeness (QED) is 0.334. The lowest BCUT2D eigenvalue weighted by Crippen LogP contribution is -2.27. The molecule has 1 N–H and O–H groups in total. The molecule has 2 heterocycles. The number of nitrogens with one attached hydrogen (secondary N) is 1. The predicted octanol–water partition coefficient (Wildman–Crippen LogP) is 4.74. The van der Waals surface area contributed by atoms with Gasteiger partial charge < -0.3 is 5.32 Å². The molecule has 0 unspecified atom stereocenters. The van der Waals surface area contributed by atoms with E-state index in [0.717, 1.165) is 34.3 Å². The molecule has 28 heavy (non-hydrogen) atoms. The van der Waals surface area contributed by atoms with Gasteiger partial charge in [-0.3, -0.25) is 4.79 Å². The van der Waals surface area contributed by atoms with Gasteiger partial charge in [0.25, 0.3) is 0 Å². The van der Waals surface area contributed by atoms with Crippen molar-refractivity contribution in [3.63, 3.8) is 0 Å². The third-order valence-corrected chi connectivity index (χ3v) is 7.57. The van der Waals surface area contributed by atoms with Crippen molar-refractivity contribution < 1.29 is 4.79 Å². The van der Waals surface area contributed by atoms with E-state index in [1.54, 1.807) is 23.5 Å². The van der Waals surface area contributed by atoms with E-state index in [0.29, 0.717) is 12.3 Å². The van der Waals surface area contributed by atoms with E-state index in [2.05, 4.69) is 17.4 Å². The average Bonchev–Trinajstić information content (AvgIpc) is 3.11. The van der Waals surface area contributed by atoms with Crippen LogP contribution in [0.15, 0.2) is 40.5 Å². The van der Waals surface area contributed by atoms with Crippen molar-refractivity contribution in [2.45, 2.75) is 42.3 Å². The van der Waals surface area contributed by atoms with E-state index in [1.807, 2.05) is 35.8 Å². The van der Waals surface area contributed by atoms with E-state index in [4.69, 9.17) is 9.97 Å². The Hall–Kier alpha value is -1.57. The lowest BCUT2D eigenvalue weighted by atomic mass is 9.97. The predicted molar refractivity (Wildman–Crippen MR) is 120 cm³/mol. The summed E-state index contributed by atoms with van der Waals surface area (Å²) < 4.78 is 0. The minimum atomic E-state index is 0.0579. The van der Waals surface area contributed by atoms with E-state index in [1.165, 1.54) is 34.2 Å². The number of benzene rings is 1. The van der Waals surface area contributed by atoms with Crippen LogP contribution in [0, 0.1) is 0 Å². The molecule has 0 aliphatic heterocycles. The highest BCUT2D eigenvalue weighted by atomic mass is 32.2. The molecule has 1 amide bonds. The van der Waals surface area contributed by atoms with Gasteiger partial charge in [-0.1, -0.05) is 53.9 Å². The summed E-state index contributed by atoms with van der Waals surface area (Å²) in [6, 6.07) is 10.2. The summed E-state index contributed by atoms with van der Waals surface area (Å²) in [5.74, 6) is 0.446. The molecule has 0 saturated heterocycles. The Balaban J connectivity index is 1.43. The number of carbonyl (C=O) groups excluding carboxylic acids is 1. The third kappa shape index (κ3) is 4.53. The Bertz CT molecular complexity index is 972. The Morgan fingerprint density at radius 3 is 2.82 bits per heavy atom. The summed E-state index contributed by atoms with van der Waals surface area (Å²) in [6.07, 6.45) is 7.59. The molecule has 2 aromatic heterocycles. The Kier molecular flexibility index (Phi) is 6.54. The lowest BCUT2D eigenvalue weighted by molar-refractivity contribution is -0.118. The highest BCUT2D eigenvalue weighted by Crippen LogP contribution is 2.40. The van der Waals surface area contributed by atoms with Crippen LogP contribution < -0.4 is 5.32 Å². The molecule has 4 nitrogen and oxygen atoms in total. The van der Waals surface area contributed by atoms with Crippen molar-refractivity contribution in [1.29, 1.82) is 0 Å². The second kappa shape index (κ2) is 9.29. The Labute approximate surface area is 177 Å². The lowest BCUT2D eigenvalue weighted by Gasteiger charge is -2.12. The van der Waals surface area contributed by atoms with Gasteiger partial charge in [-0.2, -0.15) is 0 Å². The molecule has 0 spiro atoms. The zero-order chi connectivity index (χ0) is 19.3. The van der Waals surface area contributed by atoms with Crippen molar-refractivity contribution in [3.05, 3.63) is 46.3 Å². The van der Waals surface area contributed by atoms with Crippen molar-refractivity contribution in [2.75, 3.05) is 18.6 Å². The van der Waals surface area contributed by atoms with Gasteiger partial charge in [-0.05, 0) is 49.5 Å². The van der Waals surface area contributed by atoms with Crippen molar-refractivity contribution >= 4 is 51.0 Å². The van der Waals surface area contributed by atoms with Crippen LogP contribution in [0.2, 0.25) is 0 Å². The van der Waals surface area contributed by atoms with Gasteiger partial charge in [-0.15, -0.1) is 11.3 Å². The number of hydrogen-bond donors (Lipinski definition) is 1. The zero-order valence-electron chi connectivity index (χ0n) is 15.9. The fraction of sp³-hybridized carbons (Fsp3) is 0.381. The van der Waals surface area contributed by atoms with E-state index in [9.17, 15) is 4.79 Å². The van der Waals surface area contributed by atoms with E-state index < -0.39 is 0 Å². The van der Waals surface area contributed by atoms with Crippen LogP contribution in [-0.4, -0.2) is 34.4 Å². The first-order valence-electron chi connectivity index (χ1n) is 9.54. The minimum absolute atomic E-state index is 0.0579. The molecule has 1 aromatic carbocycles. The highest BCUT2D eigenvalue weighted by Gasteiger charge is 2.21. The Morgan fingerprint density at radius 1 is 1.18 bits per heavy atom. The molecule has 4 rings (SSSR count). The van der Waals surface area contributed by atoms with Crippen LogP contribution in [0.1, 0.15) is 28.8 Å². The van der Waals surface area contributed by atoms with Crippen LogP contribution in [0.3, 0.4) is 0 Å². The van der Waals surface area contributed by atoms with Crippen LogP contribution in [0.5, 0.6) is 0 Å². The maximum atomic E-state index is 12.3. The first-order valence-corrected chi connectivity index (χ1v) is 12.6. The van der Waals surface area contributed by atoms with Crippen molar-refractivity contribution in [1.82, 2.24) is 15.3 Å². The second-order valence-corrected chi connectivity index (χ2v) is 9.60. The Morgan fingerprint density at radius 2 is 2.00 bits per heavy atom. The first kappa shape index (κ1) is 19.7. The number of rotatable bonds is 7. The smallest absolute Gasteiger partial charge is 0.230 e. The normalized spacial score (nSPS) is 13.5. The van der Waals surface area contributed by atoms with Gasteiger partial charge >= 0.3 is 0 Å². The summed E-state index contributed by atoms with van der Waals surface area (Å²) in [6.45, 7) is 0.659. The monoisotopic (exact) mass is 429 g/mol. The SMILES string of the molecule is CSc1nc(SCC(=O)NCCc2ccccc2)c2c3c(sc2n1)CCCC3. The summed E-state index contributed by atoms with van der Waals surface area (Å²) >= 11 is 4.91. The van der Waals surface area contributed by atoms with Crippen molar-refractivity contribution in [3.8, 4) is 0 Å². The van der Waals surface area contributed by atoms with E-state index in [-0.39, 0.29) is 5.91 Å². The maximum Gasteiger partial charge on any atom is 0.230 e. The average molecular weight is 430 g/mol. The van der Waals surface area contributed by atoms with Crippen molar-refractivity contribution in [2.24, 2.45) is 0 Å². The maximum absolute atomic E-state index is 12.3. The number of aryl methyl sites for hydroxylation is 2. The number of thioether (sulfide) groups is 2. The second-order valence-electron chi connectivity index (χ2n) is 6.78. The molecule has 0 atom stereocenters. The minimum Gasteiger partial charge on any atom is -0.355 e. The summed E-state index contributed by atoms with van der Waals surface area (Å²) in [7, 11) is 0. The molecular weight excluding hydrogens is 406 g/mol. The summed E-state index contributed by atoms with van der Waals surface area (Å²) in [4.78, 5) is 24.4. The van der Waals surface area contributed by atoms with Crippen LogP contribution in [-0.2, 0) is 24.1 Å². The number of aromatic nitrogens is 2. The number of fused-ring (bicyclic) bond motifs is 3. The van der Waals surface area contributed by atoms with Gasteiger partial charge in [0.15, 0.2) is 5.16 Å². The number of carbonyl (C=O) groups is 1. The molecule has 1 aliphatic rings. The molecule has 0 bridgehead atoms. The van der Waals surface area contributed by atoms with Gasteiger partial charge in [0.1, 0.15) is 9.86 Å². The molecule has 0 fully saturated rings. The van der Waals surface area contributed by atoms with Crippen LogP contribution in [0.25, 0.3) is 10.2 Å². The molecule has 7 heteroatoms. The molecule has 0 saturated carbocycles. The van der Waals surface area contributed by atoms with E-state index >= 15 is 0 Å². The standard InChI is InChI=1S/C21H23N3OS3/c1-26-21-23-19(18-15-9-5-6-10-16(15)28-20(18)24-21)27-13-17(25)22-12-11-14-7-3-2-4-8-14/h2-4,7-8H,5-6,9-13H2,1H3,(H,22,25). The van der Waals surface area contributed by atoms with Gasteiger partial charge in [-0.25, -0.2) is 9.97 Å². The number of nitrogens with zero attached hydrogens (tertiary/aromatic N) is 2. The largest absolute Gasteiger partial charge is 0.355 e. The molecule has 1 aliphatic carbocycles. The molecular formula is C21H23N3OS3. The van der Waals surface area contributed by atoms with Gasteiger partial charge in [0, 0.05) is 16.8 Å².